The Balaban J connectivity index is 1.92. The summed E-state index contributed by atoms with van der Waals surface area (Å²) in [7, 11) is 0. The zero-order valence-corrected chi connectivity index (χ0v) is 11.5. The number of nitrogens with zero attached hydrogens (tertiary/aromatic N) is 1. The first-order valence-corrected chi connectivity index (χ1v) is 6.35. The monoisotopic (exact) mass is 306 g/mol. The van der Waals surface area contributed by atoms with Gasteiger partial charge in [0.05, 0.1) is 4.92 Å². The second-order valence-corrected chi connectivity index (χ2v) is 4.57. The predicted molar refractivity (Wildman–Crippen MR) is 78.4 cm³/mol. The molecule has 1 amide bonds. The molecule has 21 heavy (non-hydrogen) atoms. The van der Waals surface area contributed by atoms with Gasteiger partial charge in [0.25, 0.3) is 5.69 Å². The molecule has 0 aliphatic carbocycles. The molecule has 1 N–H and O–H groups in total. The van der Waals surface area contributed by atoms with Crippen molar-refractivity contribution in [2.75, 3.05) is 5.32 Å². The van der Waals surface area contributed by atoms with Gasteiger partial charge in [-0.25, -0.2) is 4.79 Å². The largest absolute Gasteiger partial charge is 0.444 e. The summed E-state index contributed by atoms with van der Waals surface area (Å²) in [5, 5.41) is 13.6. The zero-order chi connectivity index (χ0) is 15.2. The van der Waals surface area contributed by atoms with E-state index in [-0.39, 0.29) is 12.3 Å². The molecule has 0 heterocycles. The van der Waals surface area contributed by atoms with Crippen LogP contribution >= 0.6 is 11.6 Å². The van der Waals surface area contributed by atoms with E-state index in [2.05, 4.69) is 5.32 Å². The standard InChI is InChI=1S/C14H11ClN2O4/c15-11-4-2-5-12(8-11)16-14(18)21-9-10-3-1-6-13(7-10)17(19)20/h1-8H,9H2,(H,16,18). The number of hydrogen-bond acceptors (Lipinski definition) is 4. The molecule has 0 aliphatic rings. The van der Waals surface area contributed by atoms with Crippen LogP contribution in [-0.4, -0.2) is 11.0 Å². The molecule has 108 valence electrons. The van der Waals surface area contributed by atoms with Crippen LogP contribution in [0, 0.1) is 10.1 Å². The number of carbonyl (C=O) groups is 1. The lowest BCUT2D eigenvalue weighted by atomic mass is 10.2. The van der Waals surface area contributed by atoms with Crippen molar-refractivity contribution >= 4 is 29.1 Å². The minimum absolute atomic E-state index is 0.0497. The third-order valence-electron chi connectivity index (χ3n) is 2.56. The summed E-state index contributed by atoms with van der Waals surface area (Å²) in [6.45, 7) is -0.0614. The Morgan fingerprint density at radius 3 is 2.71 bits per heavy atom. The first kappa shape index (κ1) is 14.8. The maximum Gasteiger partial charge on any atom is 0.411 e. The van der Waals surface area contributed by atoms with Crippen molar-refractivity contribution in [1.82, 2.24) is 0 Å². The normalized spacial score (nSPS) is 9.95. The van der Waals surface area contributed by atoms with Gasteiger partial charge in [-0.1, -0.05) is 29.8 Å². The average molecular weight is 307 g/mol. The fourth-order valence-corrected chi connectivity index (χ4v) is 1.82. The van der Waals surface area contributed by atoms with Gasteiger partial charge in [-0.15, -0.1) is 0 Å². The molecule has 0 aromatic heterocycles. The van der Waals surface area contributed by atoms with Crippen LogP contribution in [0.1, 0.15) is 5.56 Å². The van der Waals surface area contributed by atoms with Gasteiger partial charge >= 0.3 is 6.09 Å². The SMILES string of the molecule is O=C(Nc1cccc(Cl)c1)OCc1cccc([N+](=O)[O-])c1. The Kier molecular flexibility index (Phi) is 4.73. The fraction of sp³-hybridized carbons (Fsp3) is 0.0714. The molecule has 0 spiro atoms. The minimum atomic E-state index is -0.663. The summed E-state index contributed by atoms with van der Waals surface area (Å²) in [5.41, 5.74) is 0.989. The van der Waals surface area contributed by atoms with Crippen molar-refractivity contribution in [2.24, 2.45) is 0 Å². The molecular weight excluding hydrogens is 296 g/mol. The van der Waals surface area contributed by atoms with Crippen LogP contribution in [0.3, 0.4) is 0 Å². The highest BCUT2D eigenvalue weighted by molar-refractivity contribution is 6.30. The van der Waals surface area contributed by atoms with Crippen molar-refractivity contribution in [2.45, 2.75) is 6.61 Å². The predicted octanol–water partition coefficient (Wildman–Crippen LogP) is 4.00. The summed E-state index contributed by atoms with van der Waals surface area (Å²) in [5.74, 6) is 0. The second kappa shape index (κ2) is 6.71. The molecule has 2 aromatic rings. The molecule has 6 nitrogen and oxygen atoms in total. The van der Waals surface area contributed by atoms with Crippen molar-refractivity contribution in [3.63, 3.8) is 0 Å². The average Bonchev–Trinajstić information content (AvgIpc) is 2.45. The Morgan fingerprint density at radius 1 is 1.24 bits per heavy atom. The van der Waals surface area contributed by atoms with Crippen LogP contribution in [-0.2, 0) is 11.3 Å². The summed E-state index contributed by atoms with van der Waals surface area (Å²) < 4.78 is 4.99. The number of ether oxygens (including phenoxy) is 1. The zero-order valence-electron chi connectivity index (χ0n) is 10.8. The van der Waals surface area contributed by atoms with E-state index in [0.29, 0.717) is 16.3 Å². The highest BCUT2D eigenvalue weighted by Gasteiger charge is 2.08. The Hall–Kier alpha value is -2.60. The quantitative estimate of drug-likeness (QED) is 0.684. The van der Waals surface area contributed by atoms with E-state index in [1.165, 1.54) is 18.2 Å². The van der Waals surface area contributed by atoms with E-state index < -0.39 is 11.0 Å². The van der Waals surface area contributed by atoms with Gasteiger partial charge < -0.3 is 4.74 Å². The maximum atomic E-state index is 11.6. The van der Waals surface area contributed by atoms with Crippen molar-refractivity contribution < 1.29 is 14.5 Å². The number of nitro groups is 1. The number of anilines is 1. The summed E-state index contributed by atoms with van der Waals surface area (Å²) in [6.07, 6.45) is -0.663. The number of rotatable bonds is 4. The molecular formula is C14H11ClN2O4. The van der Waals surface area contributed by atoms with E-state index in [9.17, 15) is 14.9 Å². The number of nitro benzene ring substituents is 1. The number of benzene rings is 2. The van der Waals surface area contributed by atoms with E-state index in [1.807, 2.05) is 0 Å². The van der Waals surface area contributed by atoms with Gasteiger partial charge in [0, 0.05) is 22.8 Å². The highest BCUT2D eigenvalue weighted by Crippen LogP contribution is 2.16. The molecule has 0 unspecified atom stereocenters. The Bertz CT molecular complexity index is 676. The topological polar surface area (TPSA) is 81.5 Å². The Labute approximate surface area is 125 Å². The van der Waals surface area contributed by atoms with Crippen LogP contribution < -0.4 is 5.32 Å². The summed E-state index contributed by atoms with van der Waals surface area (Å²) in [6, 6.07) is 12.5. The van der Waals surface area contributed by atoms with Crippen LogP contribution in [0.4, 0.5) is 16.2 Å². The molecule has 0 saturated heterocycles. The lowest BCUT2D eigenvalue weighted by Gasteiger charge is -2.07. The van der Waals surface area contributed by atoms with Crippen LogP contribution in [0.25, 0.3) is 0 Å². The molecule has 0 bridgehead atoms. The van der Waals surface area contributed by atoms with Crippen molar-refractivity contribution in [3.8, 4) is 0 Å². The third kappa shape index (κ3) is 4.47. The molecule has 2 rings (SSSR count). The number of halogens is 1. The molecule has 0 aliphatic heterocycles. The van der Waals surface area contributed by atoms with Crippen molar-refractivity contribution in [3.05, 3.63) is 69.2 Å². The molecule has 0 radical (unpaired) electrons. The van der Waals surface area contributed by atoms with Gasteiger partial charge in [-0.3, -0.25) is 15.4 Å². The van der Waals surface area contributed by atoms with Gasteiger partial charge in [-0.05, 0) is 23.8 Å². The lowest BCUT2D eigenvalue weighted by molar-refractivity contribution is -0.384. The van der Waals surface area contributed by atoms with E-state index in [4.69, 9.17) is 16.3 Å². The molecule has 2 aromatic carbocycles. The molecule has 7 heteroatoms. The highest BCUT2D eigenvalue weighted by atomic mass is 35.5. The number of nitrogens with one attached hydrogen (secondary N) is 1. The van der Waals surface area contributed by atoms with Crippen LogP contribution in [0.15, 0.2) is 48.5 Å². The fourth-order valence-electron chi connectivity index (χ4n) is 1.63. The van der Waals surface area contributed by atoms with Crippen molar-refractivity contribution in [1.29, 1.82) is 0 Å². The van der Waals surface area contributed by atoms with Crippen LogP contribution in [0.2, 0.25) is 5.02 Å². The summed E-state index contributed by atoms with van der Waals surface area (Å²) >= 11 is 5.79. The number of carbonyl (C=O) groups excluding carboxylic acids is 1. The second-order valence-electron chi connectivity index (χ2n) is 4.14. The summed E-state index contributed by atoms with van der Waals surface area (Å²) in [4.78, 5) is 21.7. The molecule has 0 atom stereocenters. The lowest BCUT2D eigenvalue weighted by Crippen LogP contribution is -2.13. The van der Waals surface area contributed by atoms with E-state index in [0.717, 1.165) is 0 Å². The Morgan fingerprint density at radius 2 is 2.00 bits per heavy atom. The maximum absolute atomic E-state index is 11.6. The van der Waals surface area contributed by atoms with E-state index >= 15 is 0 Å². The number of amides is 1. The third-order valence-corrected chi connectivity index (χ3v) is 2.80. The van der Waals surface area contributed by atoms with Gasteiger partial charge in [0.2, 0.25) is 0 Å². The van der Waals surface area contributed by atoms with Crippen LogP contribution in [0.5, 0.6) is 0 Å². The van der Waals surface area contributed by atoms with Gasteiger partial charge in [0.15, 0.2) is 0 Å². The van der Waals surface area contributed by atoms with Gasteiger partial charge in [-0.2, -0.15) is 0 Å². The first-order valence-electron chi connectivity index (χ1n) is 5.97. The molecule has 0 fully saturated rings. The van der Waals surface area contributed by atoms with Gasteiger partial charge in [0.1, 0.15) is 6.61 Å². The smallest absolute Gasteiger partial charge is 0.411 e. The first-order chi connectivity index (χ1) is 10.0. The van der Waals surface area contributed by atoms with E-state index in [1.54, 1.807) is 30.3 Å². The molecule has 0 saturated carbocycles. The minimum Gasteiger partial charge on any atom is -0.444 e. The number of non-ortho nitro benzene ring substituents is 1. The number of hydrogen-bond donors (Lipinski definition) is 1.